The molecule has 1 fully saturated rings. The van der Waals surface area contributed by atoms with E-state index in [9.17, 15) is 30.8 Å². The molecule has 1 heterocycles. The number of Topliss-reactive ketones (excluding diaryl/α,β-unsaturated/α-hetero) is 1. The van der Waals surface area contributed by atoms with Crippen LogP contribution >= 0.6 is 0 Å². The van der Waals surface area contributed by atoms with Crippen LogP contribution in [0.5, 0.6) is 5.75 Å². The number of piperidine rings is 1. The normalized spacial score (nSPS) is 14.9. The fourth-order valence-electron chi connectivity index (χ4n) is 3.30. The van der Waals surface area contributed by atoms with Gasteiger partial charge in [-0.1, -0.05) is 25.0 Å². The number of ketones is 1. The molecule has 0 bridgehead atoms. The number of rotatable bonds is 6. The number of carbonyl (C=O) groups is 1. The monoisotopic (exact) mass is 483 g/mol. The zero-order chi connectivity index (χ0) is 24.2. The lowest BCUT2D eigenvalue weighted by molar-refractivity contribution is 0.0932. The van der Waals surface area contributed by atoms with Gasteiger partial charge in [0, 0.05) is 43.1 Å². The van der Waals surface area contributed by atoms with Crippen molar-refractivity contribution in [3.05, 3.63) is 59.2 Å². The van der Waals surface area contributed by atoms with Crippen LogP contribution in [-0.4, -0.2) is 32.2 Å². The highest BCUT2D eigenvalue weighted by molar-refractivity contribution is 7.87. The molecule has 1 unspecified atom stereocenters. The van der Waals surface area contributed by atoms with E-state index in [1.165, 1.54) is 24.6 Å². The van der Waals surface area contributed by atoms with Crippen LogP contribution < -0.4 is 4.18 Å². The molecule has 0 aliphatic carbocycles. The maximum atomic E-state index is 13.9. The van der Waals surface area contributed by atoms with Crippen molar-refractivity contribution in [1.29, 1.82) is 0 Å². The average molecular weight is 483 g/mol. The standard InChI is InChI=1S/C23H21F4NO4S/c1-15(7-6-12-28-10-3-2-4-11-28)23(29)16-8-5-9-17(13-16)32-33(30,31)19-14-18(24)20(25)22(27)21(19)26/h5,8-9,13-15H,2-4,7,10-11H2,1H3. The van der Waals surface area contributed by atoms with Crippen molar-refractivity contribution in [2.24, 2.45) is 5.92 Å². The summed E-state index contributed by atoms with van der Waals surface area (Å²) in [6, 6.07) is 8.09. The van der Waals surface area contributed by atoms with Gasteiger partial charge in [0.25, 0.3) is 0 Å². The van der Waals surface area contributed by atoms with Crippen molar-refractivity contribution in [2.75, 3.05) is 13.1 Å². The first kappa shape index (κ1) is 24.6. The van der Waals surface area contributed by atoms with E-state index in [-0.39, 0.29) is 29.6 Å². The van der Waals surface area contributed by atoms with Crippen molar-refractivity contribution < 1.29 is 35.0 Å². The Balaban J connectivity index is 1.74. The number of halogens is 4. The second kappa shape index (κ2) is 10.3. The molecule has 3 rings (SSSR count). The van der Waals surface area contributed by atoms with Gasteiger partial charge in [-0.25, -0.2) is 17.6 Å². The SMILES string of the molecule is CC(CC#CN1CCCCC1)C(=O)c1cccc(OS(=O)(=O)c2cc(F)c(F)c(F)c2F)c1. The number of carbonyl (C=O) groups excluding carboxylic acids is 1. The third-order valence-corrected chi connectivity index (χ3v) is 6.36. The van der Waals surface area contributed by atoms with Gasteiger partial charge in [-0.2, -0.15) is 8.42 Å². The minimum atomic E-state index is -5.06. The Labute approximate surface area is 189 Å². The lowest BCUT2D eigenvalue weighted by atomic mass is 9.96. The van der Waals surface area contributed by atoms with Gasteiger partial charge in [0.1, 0.15) is 10.6 Å². The Kier molecular flexibility index (Phi) is 7.64. The molecule has 1 atom stereocenters. The largest absolute Gasteiger partial charge is 0.379 e. The van der Waals surface area contributed by atoms with Crippen molar-refractivity contribution in [3.63, 3.8) is 0 Å². The molecule has 2 aromatic carbocycles. The van der Waals surface area contributed by atoms with Crippen LogP contribution in [0.25, 0.3) is 0 Å². The molecule has 0 aromatic heterocycles. The molecule has 5 nitrogen and oxygen atoms in total. The van der Waals surface area contributed by atoms with Gasteiger partial charge in [-0.15, -0.1) is 0 Å². The Morgan fingerprint density at radius 2 is 1.76 bits per heavy atom. The first-order chi connectivity index (χ1) is 15.6. The summed E-state index contributed by atoms with van der Waals surface area (Å²) >= 11 is 0. The molecule has 33 heavy (non-hydrogen) atoms. The fraction of sp³-hybridized carbons (Fsp3) is 0.348. The summed E-state index contributed by atoms with van der Waals surface area (Å²) < 4.78 is 83.2. The topological polar surface area (TPSA) is 63.7 Å². The first-order valence-electron chi connectivity index (χ1n) is 10.3. The highest BCUT2D eigenvalue weighted by atomic mass is 32.2. The van der Waals surface area contributed by atoms with E-state index in [0.29, 0.717) is 0 Å². The van der Waals surface area contributed by atoms with Gasteiger partial charge in [-0.3, -0.25) is 4.79 Å². The molecule has 1 aliphatic heterocycles. The number of hydrogen-bond donors (Lipinski definition) is 0. The summed E-state index contributed by atoms with van der Waals surface area (Å²) in [7, 11) is -5.06. The van der Waals surface area contributed by atoms with Crippen LogP contribution in [0, 0.1) is 41.2 Å². The lowest BCUT2D eigenvalue weighted by Gasteiger charge is -2.22. The molecule has 0 spiro atoms. The smallest absolute Gasteiger partial charge is 0.342 e. The molecule has 0 saturated carbocycles. The molecule has 1 saturated heterocycles. The minimum Gasteiger partial charge on any atom is -0.379 e. The van der Waals surface area contributed by atoms with Crippen LogP contribution in [0.4, 0.5) is 17.6 Å². The molecule has 0 N–H and O–H groups in total. The zero-order valence-corrected chi connectivity index (χ0v) is 18.5. The molecular formula is C23H21F4NO4S. The molecule has 1 aliphatic rings. The van der Waals surface area contributed by atoms with Gasteiger partial charge >= 0.3 is 10.1 Å². The van der Waals surface area contributed by atoms with Gasteiger partial charge in [-0.05, 0) is 31.4 Å². The van der Waals surface area contributed by atoms with Crippen molar-refractivity contribution in [1.82, 2.24) is 4.90 Å². The third-order valence-electron chi connectivity index (χ3n) is 5.11. The third kappa shape index (κ3) is 5.85. The zero-order valence-electron chi connectivity index (χ0n) is 17.7. The fourth-order valence-corrected chi connectivity index (χ4v) is 4.30. The van der Waals surface area contributed by atoms with Crippen LogP contribution in [0.3, 0.4) is 0 Å². The Hall–Kier alpha value is -3.06. The van der Waals surface area contributed by atoms with Gasteiger partial charge in [0.2, 0.25) is 0 Å². The van der Waals surface area contributed by atoms with E-state index in [1.54, 1.807) is 6.92 Å². The van der Waals surface area contributed by atoms with Gasteiger partial charge < -0.3 is 9.08 Å². The highest BCUT2D eigenvalue weighted by Crippen LogP contribution is 2.26. The van der Waals surface area contributed by atoms with Gasteiger partial charge in [0.15, 0.2) is 29.1 Å². The van der Waals surface area contributed by atoms with E-state index in [1.807, 2.05) is 4.90 Å². The second-order valence-electron chi connectivity index (χ2n) is 7.67. The summed E-state index contributed by atoms with van der Waals surface area (Å²) in [4.78, 5) is 13.2. The maximum absolute atomic E-state index is 13.9. The van der Waals surface area contributed by atoms with E-state index in [4.69, 9.17) is 4.18 Å². The summed E-state index contributed by atoms with van der Waals surface area (Å²) in [6.07, 6.45) is 3.64. The van der Waals surface area contributed by atoms with Crippen LogP contribution in [-0.2, 0) is 10.1 Å². The Bertz CT molecular complexity index is 1210. The van der Waals surface area contributed by atoms with Crippen molar-refractivity contribution in [3.8, 4) is 17.7 Å². The van der Waals surface area contributed by atoms with E-state index >= 15 is 0 Å². The molecule has 0 amide bonds. The Morgan fingerprint density at radius 1 is 1.06 bits per heavy atom. The average Bonchev–Trinajstić information content (AvgIpc) is 2.80. The summed E-state index contributed by atoms with van der Waals surface area (Å²) in [5, 5.41) is 0. The minimum absolute atomic E-state index is 0.0127. The molecule has 176 valence electrons. The maximum Gasteiger partial charge on any atom is 0.342 e. The van der Waals surface area contributed by atoms with E-state index in [0.717, 1.165) is 32.0 Å². The second-order valence-corrected chi connectivity index (χ2v) is 9.18. The summed E-state index contributed by atoms with van der Waals surface area (Å²) in [5.74, 6) is -6.63. The molecule has 10 heteroatoms. The van der Waals surface area contributed by atoms with Crippen molar-refractivity contribution in [2.45, 2.75) is 37.5 Å². The van der Waals surface area contributed by atoms with Crippen LogP contribution in [0.2, 0.25) is 0 Å². The summed E-state index contributed by atoms with van der Waals surface area (Å²) in [5.41, 5.74) is 0.118. The number of likely N-dealkylation sites (tertiary alicyclic amines) is 1. The molecular weight excluding hydrogens is 462 g/mol. The van der Waals surface area contributed by atoms with E-state index < -0.39 is 44.2 Å². The first-order valence-corrected chi connectivity index (χ1v) is 11.7. The molecule has 0 radical (unpaired) electrons. The van der Waals surface area contributed by atoms with E-state index in [2.05, 4.69) is 12.0 Å². The number of nitrogens with zero attached hydrogens (tertiary/aromatic N) is 1. The van der Waals surface area contributed by atoms with Gasteiger partial charge in [0.05, 0.1) is 0 Å². The predicted molar refractivity (Wildman–Crippen MR) is 112 cm³/mol. The quantitative estimate of drug-likeness (QED) is 0.149. The Morgan fingerprint density at radius 3 is 2.45 bits per heavy atom. The molecule has 2 aromatic rings. The van der Waals surface area contributed by atoms with Crippen LogP contribution in [0.15, 0.2) is 35.2 Å². The number of hydrogen-bond acceptors (Lipinski definition) is 5. The summed E-state index contributed by atoms with van der Waals surface area (Å²) in [6.45, 7) is 3.47. The van der Waals surface area contributed by atoms with Crippen LogP contribution in [0.1, 0.15) is 43.0 Å². The highest BCUT2D eigenvalue weighted by Gasteiger charge is 2.29. The van der Waals surface area contributed by atoms with Crippen molar-refractivity contribution >= 4 is 15.9 Å². The predicted octanol–water partition coefficient (Wildman–Crippen LogP) is 4.67. The number of benzene rings is 2. The lowest BCUT2D eigenvalue weighted by Crippen LogP contribution is -2.24.